The topological polar surface area (TPSA) is 80.8 Å². The van der Waals surface area contributed by atoms with Crippen LogP contribution in [0.15, 0.2) is 60.9 Å². The van der Waals surface area contributed by atoms with Crippen LogP contribution < -0.4 is 14.8 Å². The number of nitrogens with zero attached hydrogens (tertiary/aromatic N) is 2. The number of carbonyl (C=O) groups excluding carboxylic acids is 2. The summed E-state index contributed by atoms with van der Waals surface area (Å²) in [6, 6.07) is 13.3. The summed E-state index contributed by atoms with van der Waals surface area (Å²) in [4.78, 5) is 32.7. The molecule has 0 saturated carbocycles. The molecule has 0 saturated heterocycles. The first-order valence-corrected chi connectivity index (χ1v) is 10.3. The van der Waals surface area contributed by atoms with Crippen LogP contribution in [0.4, 0.5) is 5.69 Å². The molecule has 1 aliphatic heterocycles. The van der Waals surface area contributed by atoms with E-state index < -0.39 is 12.0 Å². The van der Waals surface area contributed by atoms with Crippen LogP contribution in [0.3, 0.4) is 0 Å². The zero-order valence-corrected chi connectivity index (χ0v) is 18.6. The number of nitrogens with one attached hydrogen (secondary N) is 1. The van der Waals surface area contributed by atoms with Crippen LogP contribution in [0.25, 0.3) is 0 Å². The molecular weight excluding hydrogens is 430 g/mol. The molecule has 0 unspecified atom stereocenters. The number of pyridine rings is 1. The van der Waals surface area contributed by atoms with E-state index in [9.17, 15) is 9.59 Å². The molecule has 0 bridgehead atoms. The highest BCUT2D eigenvalue weighted by Crippen LogP contribution is 2.45. The first kappa shape index (κ1) is 21.6. The van der Waals surface area contributed by atoms with Crippen LogP contribution in [-0.2, 0) is 4.79 Å². The predicted octanol–water partition coefficient (Wildman–Crippen LogP) is 4.30. The van der Waals surface area contributed by atoms with Crippen molar-refractivity contribution in [1.29, 1.82) is 0 Å². The van der Waals surface area contributed by atoms with Gasteiger partial charge >= 0.3 is 0 Å². The number of amides is 2. The maximum absolute atomic E-state index is 13.6. The van der Waals surface area contributed by atoms with Gasteiger partial charge in [-0.05, 0) is 47.5 Å². The first-order chi connectivity index (χ1) is 15.4. The fourth-order valence-electron chi connectivity index (χ4n) is 4.09. The van der Waals surface area contributed by atoms with Crippen molar-refractivity contribution in [2.45, 2.75) is 12.0 Å². The molecule has 0 radical (unpaired) electrons. The average Bonchev–Trinajstić information content (AvgIpc) is 2.80. The molecule has 164 valence electrons. The average molecular weight is 452 g/mol. The van der Waals surface area contributed by atoms with Gasteiger partial charge in [-0.3, -0.25) is 14.6 Å². The number of hydrogen-bond donors (Lipinski definition) is 1. The second-order valence-electron chi connectivity index (χ2n) is 7.42. The molecule has 3 aromatic rings. The van der Waals surface area contributed by atoms with Crippen molar-refractivity contribution < 1.29 is 19.1 Å². The van der Waals surface area contributed by atoms with Gasteiger partial charge in [0.15, 0.2) is 11.5 Å². The minimum Gasteiger partial charge on any atom is -0.493 e. The molecule has 0 spiro atoms. The van der Waals surface area contributed by atoms with E-state index in [1.807, 2.05) is 6.07 Å². The lowest BCUT2D eigenvalue weighted by Crippen LogP contribution is -2.44. The number of halogens is 1. The van der Waals surface area contributed by atoms with Gasteiger partial charge in [0.1, 0.15) is 0 Å². The number of carbonyl (C=O) groups is 2. The van der Waals surface area contributed by atoms with E-state index in [1.165, 1.54) is 14.2 Å². The summed E-state index contributed by atoms with van der Waals surface area (Å²) >= 11 is 6.09. The maximum Gasteiger partial charge on any atom is 0.254 e. The van der Waals surface area contributed by atoms with Gasteiger partial charge in [-0.2, -0.15) is 0 Å². The molecule has 32 heavy (non-hydrogen) atoms. The first-order valence-electron chi connectivity index (χ1n) is 9.94. The van der Waals surface area contributed by atoms with Crippen LogP contribution in [-0.4, -0.2) is 43.0 Å². The highest BCUT2D eigenvalue weighted by Gasteiger charge is 2.43. The van der Waals surface area contributed by atoms with Crippen molar-refractivity contribution in [3.8, 4) is 11.5 Å². The second kappa shape index (κ2) is 8.88. The Kier molecular flexibility index (Phi) is 6.01. The molecule has 2 atom stereocenters. The molecule has 1 aliphatic rings. The largest absolute Gasteiger partial charge is 0.493 e. The maximum atomic E-state index is 13.6. The van der Waals surface area contributed by atoms with Gasteiger partial charge in [0.25, 0.3) is 5.91 Å². The fraction of sp³-hybridized carbons (Fsp3) is 0.208. The lowest BCUT2D eigenvalue weighted by molar-refractivity contribution is -0.119. The molecule has 0 fully saturated rings. The molecule has 1 aromatic heterocycles. The monoisotopic (exact) mass is 451 g/mol. The minimum absolute atomic E-state index is 0.221. The molecule has 1 N–H and O–H groups in total. The Morgan fingerprint density at radius 1 is 1.09 bits per heavy atom. The number of likely N-dealkylation sites (N-methyl/N-ethyl adjacent to an activating group) is 1. The van der Waals surface area contributed by atoms with Gasteiger partial charge in [-0.25, -0.2) is 0 Å². The third-order valence-corrected chi connectivity index (χ3v) is 5.81. The van der Waals surface area contributed by atoms with E-state index in [4.69, 9.17) is 21.1 Å². The highest BCUT2D eigenvalue weighted by molar-refractivity contribution is 6.30. The van der Waals surface area contributed by atoms with E-state index in [1.54, 1.807) is 66.8 Å². The molecule has 8 heteroatoms. The van der Waals surface area contributed by atoms with Gasteiger partial charge in [-0.15, -0.1) is 0 Å². The van der Waals surface area contributed by atoms with Gasteiger partial charge in [-0.1, -0.05) is 23.7 Å². The highest BCUT2D eigenvalue weighted by atomic mass is 35.5. The Bertz CT molecular complexity index is 1170. The summed E-state index contributed by atoms with van der Waals surface area (Å²) in [7, 11) is 4.70. The molecule has 7 nitrogen and oxygen atoms in total. The molecule has 2 amide bonds. The fourth-order valence-corrected chi connectivity index (χ4v) is 4.28. The Morgan fingerprint density at radius 3 is 2.50 bits per heavy atom. The van der Waals surface area contributed by atoms with Gasteiger partial charge < -0.3 is 19.7 Å². The van der Waals surface area contributed by atoms with Crippen molar-refractivity contribution >= 4 is 29.1 Å². The van der Waals surface area contributed by atoms with E-state index in [0.29, 0.717) is 33.3 Å². The summed E-state index contributed by atoms with van der Waals surface area (Å²) < 4.78 is 10.8. The van der Waals surface area contributed by atoms with Crippen LogP contribution in [0, 0.1) is 0 Å². The smallest absolute Gasteiger partial charge is 0.254 e. The van der Waals surface area contributed by atoms with Crippen molar-refractivity contribution in [3.05, 3.63) is 82.6 Å². The predicted molar refractivity (Wildman–Crippen MR) is 121 cm³/mol. The SMILES string of the molecule is COc1cc2c(cc1OC)[C@@H](C(=O)Nc1cccc(Cl)c1)[C@@H](c1cccnc1)N(C)C2=O. The number of aromatic nitrogens is 1. The van der Waals surface area contributed by atoms with Gasteiger partial charge in [0.2, 0.25) is 5.91 Å². The lowest BCUT2D eigenvalue weighted by Gasteiger charge is -2.39. The third kappa shape index (κ3) is 3.87. The molecule has 4 rings (SSSR count). The zero-order valence-electron chi connectivity index (χ0n) is 17.8. The Hall–Kier alpha value is -3.58. The Labute approximate surface area is 190 Å². The summed E-state index contributed by atoms with van der Waals surface area (Å²) in [6.45, 7) is 0. The normalized spacial score (nSPS) is 17.5. The zero-order chi connectivity index (χ0) is 22.8. The van der Waals surface area contributed by atoms with Gasteiger partial charge in [0.05, 0.1) is 26.2 Å². The summed E-state index contributed by atoms with van der Waals surface area (Å²) in [5.41, 5.74) is 2.25. The third-order valence-electron chi connectivity index (χ3n) is 5.58. The quantitative estimate of drug-likeness (QED) is 0.625. The van der Waals surface area contributed by atoms with Crippen molar-refractivity contribution in [3.63, 3.8) is 0 Å². The minimum atomic E-state index is -0.726. The Morgan fingerprint density at radius 2 is 1.84 bits per heavy atom. The van der Waals surface area contributed by atoms with Crippen LogP contribution in [0.2, 0.25) is 5.02 Å². The van der Waals surface area contributed by atoms with E-state index in [-0.39, 0.29) is 11.8 Å². The number of hydrogen-bond acceptors (Lipinski definition) is 5. The van der Waals surface area contributed by atoms with E-state index in [2.05, 4.69) is 10.3 Å². The van der Waals surface area contributed by atoms with Crippen molar-refractivity contribution in [2.75, 3.05) is 26.6 Å². The Balaban J connectivity index is 1.88. The number of benzene rings is 2. The van der Waals surface area contributed by atoms with E-state index in [0.717, 1.165) is 5.56 Å². The standard InChI is InChI=1S/C24H22ClN3O4/c1-28-22(14-6-5-9-26-13-14)21(23(29)27-16-8-4-7-15(25)10-16)17-11-19(31-2)20(32-3)12-18(17)24(28)30/h4-13,21-22H,1-3H3,(H,27,29)/t21-,22-/m1/s1. The number of fused-ring (bicyclic) bond motifs is 1. The van der Waals surface area contributed by atoms with E-state index >= 15 is 0 Å². The summed E-state index contributed by atoms with van der Waals surface area (Å²) in [5, 5.41) is 3.45. The number of ether oxygens (including phenoxy) is 2. The molecular formula is C24H22ClN3O4. The van der Waals surface area contributed by atoms with Crippen molar-refractivity contribution in [1.82, 2.24) is 9.88 Å². The number of anilines is 1. The van der Waals surface area contributed by atoms with Crippen LogP contribution >= 0.6 is 11.6 Å². The molecule has 2 aromatic carbocycles. The second-order valence-corrected chi connectivity index (χ2v) is 7.86. The van der Waals surface area contributed by atoms with Crippen molar-refractivity contribution in [2.24, 2.45) is 0 Å². The number of methoxy groups -OCH3 is 2. The van der Waals surface area contributed by atoms with Crippen LogP contribution in [0.5, 0.6) is 11.5 Å². The van der Waals surface area contributed by atoms with Crippen LogP contribution in [0.1, 0.15) is 33.4 Å². The lowest BCUT2D eigenvalue weighted by atomic mass is 9.79. The molecule has 2 heterocycles. The van der Waals surface area contributed by atoms with Gasteiger partial charge in [0, 0.05) is 35.7 Å². The molecule has 0 aliphatic carbocycles. The summed E-state index contributed by atoms with van der Waals surface area (Å²) in [5.74, 6) is -0.373. The number of rotatable bonds is 5. The summed E-state index contributed by atoms with van der Waals surface area (Å²) in [6.07, 6.45) is 3.32.